The van der Waals surface area contributed by atoms with Crippen molar-refractivity contribution in [1.82, 2.24) is 0 Å². The Bertz CT molecular complexity index is 502. The number of halogens is 1. The lowest BCUT2D eigenvalue weighted by Crippen LogP contribution is -2.28. The minimum atomic E-state index is 0.532. The van der Waals surface area contributed by atoms with Gasteiger partial charge in [0.05, 0.1) is 24.9 Å². The van der Waals surface area contributed by atoms with Gasteiger partial charge in [-0.25, -0.2) is 0 Å². The van der Waals surface area contributed by atoms with Gasteiger partial charge in [0.1, 0.15) is 11.5 Å². The normalized spacial score (nSPS) is 25.5. The van der Waals surface area contributed by atoms with E-state index >= 15 is 0 Å². The lowest BCUT2D eigenvalue weighted by Gasteiger charge is -2.31. The zero-order valence-corrected chi connectivity index (χ0v) is 13.6. The van der Waals surface area contributed by atoms with Gasteiger partial charge in [0.2, 0.25) is 0 Å². The molecule has 0 spiro atoms. The van der Waals surface area contributed by atoms with E-state index in [0.29, 0.717) is 16.8 Å². The van der Waals surface area contributed by atoms with Gasteiger partial charge < -0.3 is 14.8 Å². The molecule has 1 N–H and O–H groups in total. The van der Waals surface area contributed by atoms with Crippen LogP contribution in [0.25, 0.3) is 0 Å². The summed E-state index contributed by atoms with van der Waals surface area (Å²) < 4.78 is 10.8. The maximum absolute atomic E-state index is 6.16. The van der Waals surface area contributed by atoms with Crippen molar-refractivity contribution >= 4 is 17.3 Å². The van der Waals surface area contributed by atoms with Gasteiger partial charge in [-0.15, -0.1) is 0 Å². The van der Waals surface area contributed by atoms with Crippen LogP contribution in [0.4, 0.5) is 5.69 Å². The Morgan fingerprint density at radius 3 is 2.43 bits per heavy atom. The molecule has 2 atom stereocenters. The molecule has 1 aromatic rings. The fraction of sp³-hybridized carbons (Fsp3) is 0.647. The van der Waals surface area contributed by atoms with E-state index in [1.54, 1.807) is 14.2 Å². The van der Waals surface area contributed by atoms with Crippen LogP contribution in [0, 0.1) is 11.8 Å². The van der Waals surface area contributed by atoms with Crippen molar-refractivity contribution in [3.63, 3.8) is 0 Å². The van der Waals surface area contributed by atoms with Gasteiger partial charge >= 0.3 is 0 Å². The largest absolute Gasteiger partial charge is 0.495 e. The van der Waals surface area contributed by atoms with Crippen LogP contribution in [0.15, 0.2) is 12.1 Å². The highest BCUT2D eigenvalue weighted by atomic mass is 35.5. The molecule has 3 rings (SSSR count). The highest BCUT2D eigenvalue weighted by Gasteiger charge is 2.34. The molecule has 0 saturated heterocycles. The van der Waals surface area contributed by atoms with Crippen molar-refractivity contribution in [2.75, 3.05) is 19.5 Å². The van der Waals surface area contributed by atoms with Crippen LogP contribution in [-0.4, -0.2) is 20.3 Å². The fourth-order valence-corrected chi connectivity index (χ4v) is 3.78. The van der Waals surface area contributed by atoms with E-state index < -0.39 is 0 Å². The summed E-state index contributed by atoms with van der Waals surface area (Å²) in [6.45, 7) is 0. The number of hydrogen-bond acceptors (Lipinski definition) is 3. The first-order valence-electron chi connectivity index (χ1n) is 7.89. The van der Waals surface area contributed by atoms with Gasteiger partial charge in [0.15, 0.2) is 0 Å². The Hall–Kier alpha value is -1.09. The molecule has 0 aliphatic heterocycles. The van der Waals surface area contributed by atoms with Gasteiger partial charge in [-0.05, 0) is 37.5 Å². The number of nitrogens with one attached hydrogen (secondary N) is 1. The Kier molecular flexibility index (Phi) is 4.48. The molecule has 1 aromatic carbocycles. The molecule has 116 valence electrons. The third kappa shape index (κ3) is 3.39. The summed E-state index contributed by atoms with van der Waals surface area (Å²) in [5, 5.41) is 4.23. The zero-order chi connectivity index (χ0) is 14.8. The molecule has 0 radical (unpaired) electrons. The summed E-state index contributed by atoms with van der Waals surface area (Å²) in [6.07, 6.45) is 8.12. The number of hydrogen-bond donors (Lipinski definition) is 1. The monoisotopic (exact) mass is 309 g/mol. The number of rotatable bonds is 5. The molecule has 2 fully saturated rings. The number of methoxy groups -OCH3 is 2. The zero-order valence-electron chi connectivity index (χ0n) is 12.8. The number of benzene rings is 1. The van der Waals surface area contributed by atoms with Crippen LogP contribution < -0.4 is 14.8 Å². The Labute approximate surface area is 132 Å². The first kappa shape index (κ1) is 14.8. The van der Waals surface area contributed by atoms with E-state index in [9.17, 15) is 0 Å². The van der Waals surface area contributed by atoms with Gasteiger partial charge in [0.25, 0.3) is 0 Å². The molecular weight excluding hydrogens is 286 g/mol. The average molecular weight is 310 g/mol. The molecule has 2 aliphatic carbocycles. The molecule has 4 heteroatoms. The van der Waals surface area contributed by atoms with Crippen LogP contribution in [-0.2, 0) is 0 Å². The molecule has 2 aliphatic rings. The molecule has 2 saturated carbocycles. The highest BCUT2D eigenvalue weighted by Crippen LogP contribution is 2.45. The molecular formula is C17H24ClNO2. The third-order valence-electron chi connectivity index (χ3n) is 4.84. The van der Waals surface area contributed by atoms with E-state index in [0.717, 1.165) is 23.3 Å². The van der Waals surface area contributed by atoms with E-state index in [1.807, 2.05) is 12.1 Å². The van der Waals surface area contributed by atoms with Crippen LogP contribution in [0.3, 0.4) is 0 Å². The van der Waals surface area contributed by atoms with Crippen LogP contribution >= 0.6 is 11.6 Å². The quantitative estimate of drug-likeness (QED) is 0.852. The summed E-state index contributed by atoms with van der Waals surface area (Å²) in [4.78, 5) is 0. The molecule has 0 heterocycles. The second-order valence-corrected chi connectivity index (χ2v) is 6.70. The lowest BCUT2D eigenvalue weighted by molar-refractivity contribution is 0.302. The average Bonchev–Trinajstić information content (AvgIpc) is 3.33. The first-order valence-corrected chi connectivity index (χ1v) is 8.27. The van der Waals surface area contributed by atoms with Crippen molar-refractivity contribution in [2.45, 2.75) is 44.6 Å². The summed E-state index contributed by atoms with van der Waals surface area (Å²) in [6, 6.07) is 4.30. The first-order chi connectivity index (χ1) is 10.2. The lowest BCUT2D eigenvalue weighted by atomic mass is 9.82. The minimum absolute atomic E-state index is 0.532. The van der Waals surface area contributed by atoms with Crippen molar-refractivity contribution in [3.8, 4) is 11.5 Å². The van der Waals surface area contributed by atoms with Gasteiger partial charge in [-0.2, -0.15) is 0 Å². The summed E-state index contributed by atoms with van der Waals surface area (Å²) in [5.74, 6) is 3.39. The van der Waals surface area contributed by atoms with Crippen molar-refractivity contribution in [1.29, 1.82) is 0 Å². The van der Waals surface area contributed by atoms with Gasteiger partial charge in [-0.1, -0.05) is 24.4 Å². The third-order valence-corrected chi connectivity index (χ3v) is 5.13. The van der Waals surface area contributed by atoms with Crippen molar-refractivity contribution < 1.29 is 9.47 Å². The van der Waals surface area contributed by atoms with E-state index in [-0.39, 0.29) is 0 Å². The Morgan fingerprint density at radius 2 is 1.76 bits per heavy atom. The molecule has 3 nitrogen and oxygen atoms in total. The standard InChI is InChI=1S/C17H24ClNO2/c1-20-16-10-15(17(21-2)9-14(16)18)19-13-5-3-4-12(8-13)11-6-7-11/h9-13,19H,3-8H2,1-2H3. The Morgan fingerprint density at radius 1 is 1.00 bits per heavy atom. The molecule has 2 unspecified atom stereocenters. The minimum Gasteiger partial charge on any atom is -0.495 e. The number of ether oxygens (including phenoxy) is 2. The predicted molar refractivity (Wildman–Crippen MR) is 86.6 cm³/mol. The number of anilines is 1. The van der Waals surface area contributed by atoms with E-state index in [4.69, 9.17) is 21.1 Å². The van der Waals surface area contributed by atoms with Crippen LogP contribution in [0.2, 0.25) is 5.02 Å². The van der Waals surface area contributed by atoms with Gasteiger partial charge in [-0.3, -0.25) is 0 Å². The second kappa shape index (κ2) is 6.35. The van der Waals surface area contributed by atoms with Crippen molar-refractivity contribution in [2.24, 2.45) is 11.8 Å². The predicted octanol–water partition coefficient (Wildman–Crippen LogP) is 4.74. The Balaban J connectivity index is 1.73. The highest BCUT2D eigenvalue weighted by molar-refractivity contribution is 6.32. The van der Waals surface area contributed by atoms with Gasteiger partial charge in [0, 0.05) is 18.2 Å². The fourth-order valence-electron chi connectivity index (χ4n) is 3.55. The topological polar surface area (TPSA) is 30.5 Å². The molecule has 0 bridgehead atoms. The second-order valence-electron chi connectivity index (χ2n) is 6.29. The molecule has 0 amide bonds. The molecule has 21 heavy (non-hydrogen) atoms. The van der Waals surface area contributed by atoms with Crippen LogP contribution in [0.1, 0.15) is 38.5 Å². The maximum Gasteiger partial charge on any atom is 0.143 e. The summed E-state index contributed by atoms with van der Waals surface area (Å²) in [7, 11) is 3.32. The summed E-state index contributed by atoms with van der Waals surface area (Å²) in [5.41, 5.74) is 0.986. The summed E-state index contributed by atoms with van der Waals surface area (Å²) >= 11 is 6.16. The van der Waals surface area contributed by atoms with Crippen LogP contribution in [0.5, 0.6) is 11.5 Å². The van der Waals surface area contributed by atoms with Crippen molar-refractivity contribution in [3.05, 3.63) is 17.2 Å². The SMILES string of the molecule is COc1cc(NC2CCCC(C3CC3)C2)c(OC)cc1Cl. The van der Waals surface area contributed by atoms with E-state index in [1.165, 1.54) is 38.5 Å². The van der Waals surface area contributed by atoms with E-state index in [2.05, 4.69) is 5.32 Å². The maximum atomic E-state index is 6.16. The molecule has 0 aromatic heterocycles. The smallest absolute Gasteiger partial charge is 0.143 e.